The van der Waals surface area contributed by atoms with E-state index in [1.54, 1.807) is 6.20 Å². The highest BCUT2D eigenvalue weighted by Crippen LogP contribution is 2.18. The van der Waals surface area contributed by atoms with Crippen molar-refractivity contribution in [2.24, 2.45) is 0 Å². The second-order valence-electron chi connectivity index (χ2n) is 3.35. The molecule has 0 bridgehead atoms. The van der Waals surface area contributed by atoms with Gasteiger partial charge in [0.1, 0.15) is 12.0 Å². The van der Waals surface area contributed by atoms with Gasteiger partial charge in [-0.25, -0.2) is 9.37 Å². The molecule has 0 aliphatic carbocycles. The lowest BCUT2D eigenvalue weighted by Crippen LogP contribution is -2.34. The molecular weight excluding hydrogens is 167 g/mol. The molecule has 2 nitrogen and oxygen atoms in total. The van der Waals surface area contributed by atoms with Gasteiger partial charge in [-0.3, -0.25) is 0 Å². The first-order valence-electron chi connectivity index (χ1n) is 4.66. The summed E-state index contributed by atoms with van der Waals surface area (Å²) >= 11 is 0. The van der Waals surface area contributed by atoms with Crippen LogP contribution in [0.2, 0.25) is 0 Å². The molecule has 1 aromatic heterocycles. The van der Waals surface area contributed by atoms with Crippen molar-refractivity contribution in [3.63, 3.8) is 0 Å². The molecular formula is C10H13FN2. The van der Waals surface area contributed by atoms with E-state index in [0.717, 1.165) is 18.9 Å². The van der Waals surface area contributed by atoms with E-state index in [9.17, 15) is 4.39 Å². The molecule has 0 aromatic carbocycles. The summed E-state index contributed by atoms with van der Waals surface area (Å²) in [6.07, 6.45) is 2.43. The minimum absolute atomic E-state index is 0.611. The maximum atomic E-state index is 12.8. The Morgan fingerprint density at radius 3 is 2.69 bits per heavy atom. The van der Waals surface area contributed by atoms with Gasteiger partial charge >= 0.3 is 0 Å². The van der Waals surface area contributed by atoms with Crippen molar-refractivity contribution >= 4 is 5.82 Å². The van der Waals surface area contributed by atoms with Crippen molar-refractivity contribution in [1.29, 1.82) is 0 Å². The van der Waals surface area contributed by atoms with Gasteiger partial charge in [0.25, 0.3) is 0 Å². The topological polar surface area (TPSA) is 16.1 Å². The lowest BCUT2D eigenvalue weighted by Gasteiger charge is -2.29. The molecule has 3 heteroatoms. The molecule has 0 radical (unpaired) electrons. The molecule has 0 unspecified atom stereocenters. The number of alkyl halides is 1. The number of hydrogen-bond donors (Lipinski definition) is 0. The van der Waals surface area contributed by atoms with Gasteiger partial charge in [-0.2, -0.15) is 0 Å². The molecule has 0 N–H and O–H groups in total. The smallest absolute Gasteiger partial charge is 0.128 e. The van der Waals surface area contributed by atoms with E-state index in [1.165, 1.54) is 0 Å². The molecule has 1 aromatic rings. The molecule has 1 fully saturated rings. The number of hydrogen-bond acceptors (Lipinski definition) is 2. The zero-order chi connectivity index (χ0) is 9.10. The second-order valence-corrected chi connectivity index (χ2v) is 3.35. The standard InChI is InChI=1S/C10H13FN2/c11-9-4-7-13(8-5-9)10-3-1-2-6-12-10/h1-3,6,9H,4-5,7-8H2. The molecule has 1 aliphatic heterocycles. The fourth-order valence-corrected chi connectivity index (χ4v) is 1.62. The minimum Gasteiger partial charge on any atom is -0.356 e. The van der Waals surface area contributed by atoms with Gasteiger partial charge in [-0.05, 0) is 25.0 Å². The van der Waals surface area contributed by atoms with E-state index in [0.29, 0.717) is 12.8 Å². The summed E-state index contributed by atoms with van der Waals surface area (Å²) in [5.41, 5.74) is 0. The average Bonchev–Trinajstić information content (AvgIpc) is 2.20. The molecule has 0 saturated carbocycles. The normalized spacial score (nSPS) is 19.0. The third kappa shape index (κ3) is 1.97. The maximum absolute atomic E-state index is 12.8. The Balaban J connectivity index is 2.03. The number of anilines is 1. The highest BCUT2D eigenvalue weighted by atomic mass is 19.1. The van der Waals surface area contributed by atoms with Crippen LogP contribution in [0, 0.1) is 0 Å². The van der Waals surface area contributed by atoms with Crippen LogP contribution in [0.5, 0.6) is 0 Å². The van der Waals surface area contributed by atoms with E-state index in [4.69, 9.17) is 0 Å². The summed E-state index contributed by atoms with van der Waals surface area (Å²) in [6, 6.07) is 5.83. The number of rotatable bonds is 1. The molecule has 1 saturated heterocycles. The fourth-order valence-electron chi connectivity index (χ4n) is 1.62. The highest BCUT2D eigenvalue weighted by molar-refractivity contribution is 5.37. The Labute approximate surface area is 77.4 Å². The van der Waals surface area contributed by atoms with Gasteiger partial charge in [0.05, 0.1) is 0 Å². The zero-order valence-electron chi connectivity index (χ0n) is 7.49. The molecule has 0 amide bonds. The first-order valence-corrected chi connectivity index (χ1v) is 4.66. The van der Waals surface area contributed by atoms with Crippen molar-refractivity contribution in [2.75, 3.05) is 18.0 Å². The summed E-state index contributed by atoms with van der Waals surface area (Å²) in [7, 11) is 0. The fraction of sp³-hybridized carbons (Fsp3) is 0.500. The van der Waals surface area contributed by atoms with Crippen LogP contribution in [0.15, 0.2) is 24.4 Å². The van der Waals surface area contributed by atoms with Crippen molar-refractivity contribution < 1.29 is 4.39 Å². The summed E-state index contributed by atoms with van der Waals surface area (Å²) < 4.78 is 12.8. The highest BCUT2D eigenvalue weighted by Gasteiger charge is 2.18. The average molecular weight is 180 g/mol. The van der Waals surface area contributed by atoms with Gasteiger partial charge in [-0.1, -0.05) is 6.07 Å². The predicted octanol–water partition coefficient (Wildman–Crippen LogP) is 2.02. The predicted molar refractivity (Wildman–Crippen MR) is 50.6 cm³/mol. The summed E-state index contributed by atoms with van der Waals surface area (Å²) in [5, 5.41) is 0. The summed E-state index contributed by atoms with van der Waals surface area (Å²) in [6.45, 7) is 1.58. The van der Waals surface area contributed by atoms with E-state index >= 15 is 0 Å². The molecule has 70 valence electrons. The molecule has 1 aliphatic rings. The van der Waals surface area contributed by atoms with E-state index in [-0.39, 0.29) is 0 Å². The Hall–Kier alpha value is -1.12. The quantitative estimate of drug-likeness (QED) is 0.657. The van der Waals surface area contributed by atoms with Crippen LogP contribution < -0.4 is 4.90 Å². The third-order valence-electron chi connectivity index (χ3n) is 2.40. The summed E-state index contributed by atoms with van der Waals surface area (Å²) in [5.74, 6) is 0.967. The number of pyridine rings is 1. The Morgan fingerprint density at radius 1 is 1.31 bits per heavy atom. The number of nitrogens with zero attached hydrogens (tertiary/aromatic N) is 2. The number of aromatic nitrogens is 1. The lowest BCUT2D eigenvalue weighted by molar-refractivity contribution is 0.276. The first-order chi connectivity index (χ1) is 6.36. The SMILES string of the molecule is FC1CCN(c2ccccn2)CC1. The van der Waals surface area contributed by atoms with Gasteiger partial charge in [0, 0.05) is 19.3 Å². The lowest BCUT2D eigenvalue weighted by atomic mass is 10.1. The van der Waals surface area contributed by atoms with Crippen LogP contribution in [0.4, 0.5) is 10.2 Å². The molecule has 0 spiro atoms. The first kappa shape index (κ1) is 8.48. The van der Waals surface area contributed by atoms with Crippen molar-refractivity contribution in [3.8, 4) is 0 Å². The molecule has 2 rings (SSSR count). The number of halogens is 1. The molecule has 0 atom stereocenters. The van der Waals surface area contributed by atoms with Crippen LogP contribution in [0.1, 0.15) is 12.8 Å². The van der Waals surface area contributed by atoms with Gasteiger partial charge in [0.15, 0.2) is 0 Å². The minimum atomic E-state index is -0.611. The van der Waals surface area contributed by atoms with E-state index in [1.807, 2.05) is 18.2 Å². The Kier molecular flexibility index (Phi) is 2.43. The van der Waals surface area contributed by atoms with Crippen molar-refractivity contribution in [2.45, 2.75) is 19.0 Å². The zero-order valence-corrected chi connectivity index (χ0v) is 7.49. The largest absolute Gasteiger partial charge is 0.356 e. The van der Waals surface area contributed by atoms with Crippen molar-refractivity contribution in [3.05, 3.63) is 24.4 Å². The van der Waals surface area contributed by atoms with Crippen LogP contribution >= 0.6 is 0 Å². The van der Waals surface area contributed by atoms with Gasteiger partial charge in [-0.15, -0.1) is 0 Å². The van der Waals surface area contributed by atoms with Crippen LogP contribution in [0.25, 0.3) is 0 Å². The van der Waals surface area contributed by atoms with Gasteiger partial charge < -0.3 is 4.90 Å². The van der Waals surface area contributed by atoms with E-state index in [2.05, 4.69) is 9.88 Å². The maximum Gasteiger partial charge on any atom is 0.128 e. The molecule has 2 heterocycles. The van der Waals surface area contributed by atoms with E-state index < -0.39 is 6.17 Å². The van der Waals surface area contributed by atoms with Crippen molar-refractivity contribution in [1.82, 2.24) is 4.98 Å². The van der Waals surface area contributed by atoms with Crippen LogP contribution in [-0.4, -0.2) is 24.2 Å². The molecule has 13 heavy (non-hydrogen) atoms. The monoisotopic (exact) mass is 180 g/mol. The third-order valence-corrected chi connectivity index (χ3v) is 2.40. The van der Waals surface area contributed by atoms with Crippen LogP contribution in [0.3, 0.4) is 0 Å². The Bertz CT molecular complexity index is 255. The summed E-state index contributed by atoms with van der Waals surface area (Å²) in [4.78, 5) is 6.37. The van der Waals surface area contributed by atoms with Gasteiger partial charge in [0.2, 0.25) is 0 Å². The Morgan fingerprint density at radius 2 is 2.08 bits per heavy atom. The van der Waals surface area contributed by atoms with Crippen LogP contribution in [-0.2, 0) is 0 Å². The number of piperidine rings is 1. The second kappa shape index (κ2) is 3.73.